The smallest absolute Gasteiger partial charge is 0.262 e. The highest BCUT2D eigenvalue weighted by molar-refractivity contribution is 7.99. The quantitative estimate of drug-likeness (QED) is 0.458. The lowest BCUT2D eigenvalue weighted by molar-refractivity contribution is -0.119. The first-order valence-corrected chi connectivity index (χ1v) is 10.6. The molecule has 1 N–H and O–H groups in total. The van der Waals surface area contributed by atoms with E-state index in [4.69, 9.17) is 0 Å². The van der Waals surface area contributed by atoms with Gasteiger partial charge in [0, 0.05) is 6.04 Å². The van der Waals surface area contributed by atoms with E-state index in [0.29, 0.717) is 16.1 Å². The van der Waals surface area contributed by atoms with Gasteiger partial charge in [-0.15, -0.1) is 0 Å². The summed E-state index contributed by atoms with van der Waals surface area (Å²) in [5.74, 6) is -0.356. The molecule has 0 saturated heterocycles. The normalized spacial score (nSPS) is 13.2. The van der Waals surface area contributed by atoms with Crippen molar-refractivity contribution in [1.29, 1.82) is 0 Å². The van der Waals surface area contributed by atoms with Crippen LogP contribution in [-0.4, -0.2) is 21.2 Å². The molecule has 5 nitrogen and oxygen atoms in total. The fourth-order valence-corrected chi connectivity index (χ4v) is 3.96. The Morgan fingerprint density at radius 1 is 1.17 bits per heavy atom. The molecule has 2 aromatic carbocycles. The van der Waals surface area contributed by atoms with Crippen LogP contribution in [0, 0.1) is 5.82 Å². The number of thioether (sulfide) groups is 1. The monoisotopic (exact) mass is 413 g/mol. The van der Waals surface area contributed by atoms with Crippen LogP contribution < -0.4 is 10.9 Å². The van der Waals surface area contributed by atoms with Crippen molar-refractivity contribution in [2.45, 2.75) is 44.4 Å². The van der Waals surface area contributed by atoms with Gasteiger partial charge in [-0.1, -0.05) is 43.0 Å². The SMILES string of the molecule is CC[C@@H](C)n1c(SCC(=O)N[C@@H](C)c2ccc(F)cc2)nc2ccccc2c1=O. The summed E-state index contributed by atoms with van der Waals surface area (Å²) in [4.78, 5) is 30.0. The topological polar surface area (TPSA) is 64.0 Å². The minimum absolute atomic E-state index is 0.0247. The highest BCUT2D eigenvalue weighted by atomic mass is 32.2. The largest absolute Gasteiger partial charge is 0.349 e. The van der Waals surface area contributed by atoms with Crippen molar-refractivity contribution in [1.82, 2.24) is 14.9 Å². The fourth-order valence-electron chi connectivity index (χ4n) is 3.05. The van der Waals surface area contributed by atoms with Crippen LogP contribution in [0.2, 0.25) is 0 Å². The van der Waals surface area contributed by atoms with Gasteiger partial charge in [-0.3, -0.25) is 14.2 Å². The van der Waals surface area contributed by atoms with Gasteiger partial charge >= 0.3 is 0 Å². The lowest BCUT2D eigenvalue weighted by atomic mass is 10.1. The summed E-state index contributed by atoms with van der Waals surface area (Å²) in [7, 11) is 0. The van der Waals surface area contributed by atoms with E-state index in [9.17, 15) is 14.0 Å². The van der Waals surface area contributed by atoms with Gasteiger partial charge in [0.05, 0.1) is 22.7 Å². The van der Waals surface area contributed by atoms with Crippen molar-refractivity contribution in [3.63, 3.8) is 0 Å². The van der Waals surface area contributed by atoms with Gasteiger partial charge in [0.2, 0.25) is 5.91 Å². The van der Waals surface area contributed by atoms with Crippen LogP contribution in [0.25, 0.3) is 10.9 Å². The van der Waals surface area contributed by atoms with E-state index in [1.54, 1.807) is 28.8 Å². The molecule has 0 fully saturated rings. The number of rotatable bonds is 7. The molecule has 0 bridgehead atoms. The summed E-state index contributed by atoms with van der Waals surface area (Å²) >= 11 is 1.25. The molecule has 0 unspecified atom stereocenters. The highest BCUT2D eigenvalue weighted by Gasteiger charge is 2.17. The van der Waals surface area contributed by atoms with Gasteiger partial charge in [0.15, 0.2) is 5.16 Å². The second-order valence-corrected chi connectivity index (χ2v) is 7.92. The number of nitrogens with zero attached hydrogens (tertiary/aromatic N) is 2. The second-order valence-electron chi connectivity index (χ2n) is 6.97. The number of para-hydroxylation sites is 1. The highest BCUT2D eigenvalue weighted by Crippen LogP contribution is 2.22. The molecule has 3 aromatic rings. The Morgan fingerprint density at radius 2 is 1.86 bits per heavy atom. The molecule has 1 amide bonds. The number of aromatic nitrogens is 2. The third-order valence-electron chi connectivity index (χ3n) is 4.89. The van der Waals surface area contributed by atoms with Gasteiger partial charge in [-0.2, -0.15) is 0 Å². The van der Waals surface area contributed by atoms with Gasteiger partial charge in [0.25, 0.3) is 5.56 Å². The van der Waals surface area contributed by atoms with Crippen LogP contribution in [0.1, 0.15) is 44.8 Å². The van der Waals surface area contributed by atoms with E-state index in [0.717, 1.165) is 12.0 Å². The van der Waals surface area contributed by atoms with Crippen LogP contribution in [0.4, 0.5) is 4.39 Å². The Bertz CT molecular complexity index is 1070. The van der Waals surface area contributed by atoms with Crippen molar-refractivity contribution in [2.75, 3.05) is 5.75 Å². The zero-order chi connectivity index (χ0) is 21.0. The number of hydrogen-bond acceptors (Lipinski definition) is 4. The van der Waals surface area contributed by atoms with E-state index < -0.39 is 0 Å². The maximum atomic E-state index is 13.1. The zero-order valence-electron chi connectivity index (χ0n) is 16.7. The van der Waals surface area contributed by atoms with Crippen molar-refractivity contribution in [2.24, 2.45) is 0 Å². The van der Waals surface area contributed by atoms with Crippen molar-refractivity contribution >= 4 is 28.6 Å². The molecule has 0 spiro atoms. The third-order valence-corrected chi connectivity index (χ3v) is 5.84. The van der Waals surface area contributed by atoms with Gasteiger partial charge in [-0.25, -0.2) is 9.37 Å². The van der Waals surface area contributed by atoms with Crippen LogP contribution in [0.3, 0.4) is 0 Å². The lowest BCUT2D eigenvalue weighted by Crippen LogP contribution is -2.29. The fraction of sp³-hybridized carbons (Fsp3) is 0.318. The zero-order valence-corrected chi connectivity index (χ0v) is 17.5. The molecule has 0 aliphatic heterocycles. The van der Waals surface area contributed by atoms with E-state index >= 15 is 0 Å². The number of nitrogens with one attached hydrogen (secondary N) is 1. The molecule has 0 aliphatic carbocycles. The standard InChI is InChI=1S/C22H24FN3O2S/c1-4-14(2)26-21(28)18-7-5-6-8-19(18)25-22(26)29-13-20(27)24-15(3)16-9-11-17(23)12-10-16/h5-12,14-15H,4,13H2,1-3H3,(H,24,27)/t14-,15+/m1/s1. The number of amides is 1. The van der Waals surface area contributed by atoms with E-state index in [1.165, 1.54) is 23.9 Å². The summed E-state index contributed by atoms with van der Waals surface area (Å²) in [6.45, 7) is 5.83. The molecule has 2 atom stereocenters. The Labute approximate surface area is 173 Å². The molecule has 0 saturated carbocycles. The van der Waals surface area contributed by atoms with Crippen molar-refractivity contribution < 1.29 is 9.18 Å². The Morgan fingerprint density at radius 3 is 2.55 bits per heavy atom. The first-order valence-electron chi connectivity index (χ1n) is 9.59. The van der Waals surface area contributed by atoms with Crippen LogP contribution in [0.15, 0.2) is 58.5 Å². The average Bonchev–Trinajstić information content (AvgIpc) is 2.72. The molecular formula is C22H24FN3O2S. The first kappa shape index (κ1) is 21.0. The Balaban J connectivity index is 1.78. The van der Waals surface area contributed by atoms with Crippen molar-refractivity contribution in [3.05, 3.63) is 70.3 Å². The predicted molar refractivity (Wildman–Crippen MR) is 115 cm³/mol. The molecule has 3 rings (SSSR count). The molecule has 7 heteroatoms. The number of benzene rings is 2. The molecule has 1 heterocycles. The second kappa shape index (κ2) is 9.22. The molecule has 0 radical (unpaired) electrons. The van der Waals surface area contributed by atoms with Gasteiger partial charge in [0.1, 0.15) is 5.82 Å². The summed E-state index contributed by atoms with van der Waals surface area (Å²) in [6, 6.07) is 13.0. The summed E-state index contributed by atoms with van der Waals surface area (Å²) < 4.78 is 14.7. The van der Waals surface area contributed by atoms with E-state index in [2.05, 4.69) is 10.3 Å². The molecular weight excluding hydrogens is 389 g/mol. The maximum Gasteiger partial charge on any atom is 0.262 e. The summed E-state index contributed by atoms with van der Waals surface area (Å²) in [5.41, 5.74) is 1.36. The van der Waals surface area contributed by atoms with Crippen LogP contribution in [0.5, 0.6) is 0 Å². The predicted octanol–water partition coefficient (Wildman–Crippen LogP) is 4.48. The number of halogens is 1. The maximum absolute atomic E-state index is 13.1. The Hall–Kier alpha value is -2.67. The minimum atomic E-state index is -0.312. The molecule has 29 heavy (non-hydrogen) atoms. The number of fused-ring (bicyclic) bond motifs is 1. The van der Waals surface area contributed by atoms with Gasteiger partial charge in [-0.05, 0) is 50.1 Å². The van der Waals surface area contributed by atoms with Gasteiger partial charge < -0.3 is 5.32 Å². The summed E-state index contributed by atoms with van der Waals surface area (Å²) in [6.07, 6.45) is 0.779. The van der Waals surface area contributed by atoms with E-state index in [1.807, 2.05) is 32.9 Å². The molecule has 1 aromatic heterocycles. The molecule has 0 aliphatic rings. The first-order chi connectivity index (χ1) is 13.9. The van der Waals surface area contributed by atoms with Crippen LogP contribution >= 0.6 is 11.8 Å². The third kappa shape index (κ3) is 4.85. The molecule has 152 valence electrons. The number of carbonyl (C=O) groups is 1. The number of carbonyl (C=O) groups excluding carboxylic acids is 1. The van der Waals surface area contributed by atoms with E-state index in [-0.39, 0.29) is 35.1 Å². The minimum Gasteiger partial charge on any atom is -0.349 e. The lowest BCUT2D eigenvalue weighted by Gasteiger charge is -2.18. The average molecular weight is 414 g/mol. The van der Waals surface area contributed by atoms with Crippen molar-refractivity contribution in [3.8, 4) is 0 Å². The Kier molecular flexibility index (Phi) is 6.69. The number of hydrogen-bond donors (Lipinski definition) is 1. The summed E-state index contributed by atoms with van der Waals surface area (Å²) in [5, 5.41) is 4.01. The van der Waals surface area contributed by atoms with Crippen LogP contribution in [-0.2, 0) is 4.79 Å².